The van der Waals surface area contributed by atoms with Crippen molar-refractivity contribution in [1.29, 1.82) is 0 Å². The van der Waals surface area contributed by atoms with Crippen LogP contribution in [0.5, 0.6) is 0 Å². The Morgan fingerprint density at radius 1 is 1.15 bits per heavy atom. The van der Waals surface area contributed by atoms with Gasteiger partial charge in [0.05, 0.1) is 6.54 Å². The highest BCUT2D eigenvalue weighted by Crippen LogP contribution is 2.11. The van der Waals surface area contributed by atoms with Crippen molar-refractivity contribution < 1.29 is 18.7 Å². The Morgan fingerprint density at radius 3 is 2.54 bits per heavy atom. The summed E-state index contributed by atoms with van der Waals surface area (Å²) in [5.41, 5.74) is 1.23. The first-order chi connectivity index (χ1) is 12.7. The summed E-state index contributed by atoms with van der Waals surface area (Å²) in [6.45, 7) is 2.45. The van der Waals surface area contributed by atoms with Crippen molar-refractivity contribution in [2.75, 3.05) is 33.2 Å². The molecule has 0 saturated carbocycles. The summed E-state index contributed by atoms with van der Waals surface area (Å²) >= 11 is 0. The van der Waals surface area contributed by atoms with E-state index in [1.54, 1.807) is 16.8 Å². The minimum atomic E-state index is -0.362. The summed E-state index contributed by atoms with van der Waals surface area (Å²) in [4.78, 5) is 32.1. The number of aromatic nitrogens is 1. The molecule has 138 valence electrons. The molecule has 2 heterocycles. The molecule has 8 heteroatoms. The molecule has 1 aliphatic rings. The van der Waals surface area contributed by atoms with Crippen LogP contribution in [0.2, 0.25) is 0 Å². The number of nitrogens with one attached hydrogen (secondary N) is 1. The van der Waals surface area contributed by atoms with Crippen molar-refractivity contribution in [3.05, 3.63) is 53.7 Å². The van der Waals surface area contributed by atoms with Crippen LogP contribution in [0.3, 0.4) is 0 Å². The number of piperazine rings is 1. The molecule has 1 aromatic heterocycles. The largest absolute Gasteiger partial charge is 0.447 e. The van der Waals surface area contributed by atoms with Gasteiger partial charge in [0.15, 0.2) is 5.69 Å². The van der Waals surface area contributed by atoms with Crippen LogP contribution in [-0.2, 0) is 17.9 Å². The van der Waals surface area contributed by atoms with E-state index >= 15 is 0 Å². The van der Waals surface area contributed by atoms with Gasteiger partial charge in [-0.15, -0.1) is 0 Å². The topological polar surface area (TPSA) is 87.9 Å². The zero-order valence-electron chi connectivity index (χ0n) is 14.7. The number of nitrogens with zero attached hydrogens (tertiary/aromatic N) is 3. The van der Waals surface area contributed by atoms with Crippen molar-refractivity contribution in [1.82, 2.24) is 20.1 Å². The van der Waals surface area contributed by atoms with Crippen LogP contribution in [0.4, 0.5) is 4.79 Å². The summed E-state index contributed by atoms with van der Waals surface area (Å²) in [5, 5.41) is 2.92. The second-order valence-electron chi connectivity index (χ2n) is 5.98. The van der Waals surface area contributed by atoms with Gasteiger partial charge in [-0.2, -0.15) is 0 Å². The Hall–Kier alpha value is -2.87. The molecule has 0 atom stereocenters. The predicted octanol–water partition coefficient (Wildman–Crippen LogP) is 1.49. The summed E-state index contributed by atoms with van der Waals surface area (Å²) in [7, 11) is 1.78. The molecule has 1 aliphatic heterocycles. The van der Waals surface area contributed by atoms with Gasteiger partial charge in [-0.05, 0) is 12.6 Å². The third-order valence-electron chi connectivity index (χ3n) is 4.13. The highest BCUT2D eigenvalue weighted by atomic mass is 16.6. The maximum atomic E-state index is 12.5. The molecule has 0 aliphatic carbocycles. The molecule has 0 spiro atoms. The molecule has 1 aromatic carbocycles. The van der Waals surface area contributed by atoms with Gasteiger partial charge >= 0.3 is 6.09 Å². The lowest BCUT2D eigenvalue weighted by molar-refractivity contribution is 0.0539. The summed E-state index contributed by atoms with van der Waals surface area (Å²) in [5.74, 6) is 0.285. The van der Waals surface area contributed by atoms with Crippen LogP contribution in [0.15, 0.2) is 41.0 Å². The zero-order valence-corrected chi connectivity index (χ0v) is 14.7. The number of hydrogen-bond donors (Lipinski definition) is 1. The van der Waals surface area contributed by atoms with Crippen molar-refractivity contribution in [3.8, 4) is 0 Å². The van der Waals surface area contributed by atoms with E-state index in [2.05, 4.69) is 10.3 Å². The SMILES string of the molecule is CNCc1nc(C(=O)N2CCN(C(=O)OCc3ccccc3)CC2)co1. The fourth-order valence-corrected chi connectivity index (χ4v) is 2.71. The van der Waals surface area contributed by atoms with Gasteiger partial charge in [-0.25, -0.2) is 9.78 Å². The van der Waals surface area contributed by atoms with Crippen molar-refractivity contribution in [2.45, 2.75) is 13.2 Å². The van der Waals surface area contributed by atoms with E-state index in [0.29, 0.717) is 38.6 Å². The molecule has 3 rings (SSSR count). The van der Waals surface area contributed by atoms with E-state index < -0.39 is 0 Å². The number of benzene rings is 1. The number of ether oxygens (including phenoxy) is 1. The first kappa shape index (κ1) is 17.9. The molecule has 2 aromatic rings. The maximum absolute atomic E-state index is 12.5. The van der Waals surface area contributed by atoms with E-state index in [1.165, 1.54) is 6.26 Å². The van der Waals surface area contributed by atoms with Gasteiger partial charge in [0.2, 0.25) is 5.89 Å². The molecule has 1 N–H and O–H groups in total. The number of rotatable bonds is 5. The zero-order chi connectivity index (χ0) is 18.4. The number of amides is 2. The Bertz CT molecular complexity index is 739. The standard InChI is InChI=1S/C18H22N4O4/c1-19-11-16-20-15(13-25-16)17(23)21-7-9-22(10-8-21)18(24)26-12-14-5-3-2-4-6-14/h2-6,13,19H,7-12H2,1H3. The number of oxazole rings is 1. The fourth-order valence-electron chi connectivity index (χ4n) is 2.71. The van der Waals surface area contributed by atoms with Gasteiger partial charge in [-0.3, -0.25) is 4.79 Å². The van der Waals surface area contributed by atoms with Crippen LogP contribution in [0, 0.1) is 0 Å². The van der Waals surface area contributed by atoms with Crippen LogP contribution >= 0.6 is 0 Å². The minimum Gasteiger partial charge on any atom is -0.447 e. The third-order valence-corrected chi connectivity index (χ3v) is 4.13. The van der Waals surface area contributed by atoms with Crippen molar-refractivity contribution >= 4 is 12.0 Å². The Kier molecular flexibility index (Phi) is 5.85. The summed E-state index contributed by atoms with van der Waals surface area (Å²) in [6.07, 6.45) is 1.01. The van der Waals surface area contributed by atoms with Crippen LogP contribution < -0.4 is 5.32 Å². The lowest BCUT2D eigenvalue weighted by Gasteiger charge is -2.33. The molecule has 1 fully saturated rings. The minimum absolute atomic E-state index is 0.187. The highest BCUT2D eigenvalue weighted by Gasteiger charge is 2.27. The monoisotopic (exact) mass is 358 g/mol. The van der Waals surface area contributed by atoms with E-state index in [9.17, 15) is 9.59 Å². The average Bonchev–Trinajstić information content (AvgIpc) is 3.15. The molecule has 0 bridgehead atoms. The molecule has 0 radical (unpaired) electrons. The van der Waals surface area contributed by atoms with E-state index in [4.69, 9.17) is 9.15 Å². The Balaban J connectivity index is 1.47. The number of carbonyl (C=O) groups is 2. The number of carbonyl (C=O) groups excluding carboxylic acids is 2. The smallest absolute Gasteiger partial charge is 0.410 e. The lowest BCUT2D eigenvalue weighted by atomic mass is 10.2. The summed E-state index contributed by atoms with van der Waals surface area (Å²) in [6, 6.07) is 9.53. The Labute approximate surface area is 151 Å². The van der Waals surface area contributed by atoms with Crippen molar-refractivity contribution in [3.63, 3.8) is 0 Å². The van der Waals surface area contributed by atoms with Crippen LogP contribution in [0.25, 0.3) is 0 Å². The van der Waals surface area contributed by atoms with Crippen LogP contribution in [0.1, 0.15) is 21.9 Å². The molecule has 1 saturated heterocycles. The molecular formula is C18H22N4O4. The van der Waals surface area contributed by atoms with Gasteiger partial charge in [0.1, 0.15) is 12.9 Å². The maximum Gasteiger partial charge on any atom is 0.410 e. The average molecular weight is 358 g/mol. The Morgan fingerprint density at radius 2 is 1.85 bits per heavy atom. The molecular weight excluding hydrogens is 336 g/mol. The fraction of sp³-hybridized carbons (Fsp3) is 0.389. The lowest BCUT2D eigenvalue weighted by Crippen LogP contribution is -2.50. The predicted molar refractivity (Wildman–Crippen MR) is 93.4 cm³/mol. The summed E-state index contributed by atoms with van der Waals surface area (Å²) < 4.78 is 10.6. The quantitative estimate of drug-likeness (QED) is 0.871. The van der Waals surface area contributed by atoms with Gasteiger partial charge in [-0.1, -0.05) is 30.3 Å². The van der Waals surface area contributed by atoms with E-state index in [0.717, 1.165) is 5.56 Å². The van der Waals surface area contributed by atoms with Gasteiger partial charge < -0.3 is 24.3 Å². The highest BCUT2D eigenvalue weighted by molar-refractivity contribution is 5.92. The third kappa shape index (κ3) is 4.40. The van der Waals surface area contributed by atoms with Crippen molar-refractivity contribution in [2.24, 2.45) is 0 Å². The second kappa shape index (κ2) is 8.48. The number of hydrogen-bond acceptors (Lipinski definition) is 6. The normalized spacial score (nSPS) is 14.3. The van der Waals surface area contributed by atoms with E-state index in [1.807, 2.05) is 30.3 Å². The first-order valence-electron chi connectivity index (χ1n) is 8.51. The molecule has 26 heavy (non-hydrogen) atoms. The van der Waals surface area contributed by atoms with E-state index in [-0.39, 0.29) is 24.3 Å². The second-order valence-corrected chi connectivity index (χ2v) is 5.98. The molecule has 2 amide bonds. The van der Waals surface area contributed by atoms with Crippen LogP contribution in [-0.4, -0.2) is 60.0 Å². The molecule has 0 unspecified atom stereocenters. The van der Waals surface area contributed by atoms with Gasteiger partial charge in [0, 0.05) is 26.2 Å². The first-order valence-corrected chi connectivity index (χ1v) is 8.51. The molecule has 8 nitrogen and oxygen atoms in total. The van der Waals surface area contributed by atoms with Gasteiger partial charge in [0.25, 0.3) is 5.91 Å².